The molecular weight excluding hydrogens is 384 g/mol. The number of benzene rings is 2. The largest absolute Gasteiger partial charge is 0.343 e. The molecule has 6 nitrogen and oxygen atoms in total. The SMILES string of the molecule is CCc1cccc(C)c1NC(=S)NNC(=O)CNC(=O)c1cccc(Cl)c1. The van der Waals surface area contributed by atoms with Crippen molar-refractivity contribution in [3.8, 4) is 0 Å². The van der Waals surface area contributed by atoms with E-state index in [1.54, 1.807) is 18.2 Å². The number of carbonyl (C=O) groups excluding carboxylic acids is 2. The third-order valence-electron chi connectivity index (χ3n) is 3.79. The molecule has 0 aliphatic heterocycles. The summed E-state index contributed by atoms with van der Waals surface area (Å²) in [4.78, 5) is 23.9. The number of halogens is 1. The Balaban J connectivity index is 1.80. The van der Waals surface area contributed by atoms with Gasteiger partial charge in [0.2, 0.25) is 0 Å². The lowest BCUT2D eigenvalue weighted by Crippen LogP contribution is -2.47. The fourth-order valence-corrected chi connectivity index (χ4v) is 2.75. The lowest BCUT2D eigenvalue weighted by atomic mass is 10.1. The van der Waals surface area contributed by atoms with Gasteiger partial charge in [-0.1, -0.05) is 42.8 Å². The molecule has 27 heavy (non-hydrogen) atoms. The van der Waals surface area contributed by atoms with E-state index in [1.165, 1.54) is 6.07 Å². The van der Waals surface area contributed by atoms with E-state index in [1.807, 2.05) is 25.1 Å². The van der Waals surface area contributed by atoms with Crippen molar-refractivity contribution in [2.75, 3.05) is 11.9 Å². The van der Waals surface area contributed by atoms with Gasteiger partial charge >= 0.3 is 0 Å². The van der Waals surface area contributed by atoms with Crippen LogP contribution in [0.25, 0.3) is 0 Å². The number of nitrogens with one attached hydrogen (secondary N) is 4. The maximum absolute atomic E-state index is 12.0. The van der Waals surface area contributed by atoms with Crippen molar-refractivity contribution in [2.45, 2.75) is 20.3 Å². The van der Waals surface area contributed by atoms with Crippen LogP contribution in [-0.4, -0.2) is 23.5 Å². The van der Waals surface area contributed by atoms with Crippen molar-refractivity contribution in [1.29, 1.82) is 0 Å². The lowest BCUT2D eigenvalue weighted by Gasteiger charge is -2.16. The fourth-order valence-electron chi connectivity index (χ4n) is 2.41. The van der Waals surface area contributed by atoms with Gasteiger partial charge in [-0.3, -0.25) is 20.4 Å². The molecule has 0 fully saturated rings. The van der Waals surface area contributed by atoms with Gasteiger partial charge in [0.1, 0.15) is 0 Å². The maximum atomic E-state index is 12.0. The van der Waals surface area contributed by atoms with Gasteiger partial charge in [0.15, 0.2) is 5.11 Å². The third-order valence-corrected chi connectivity index (χ3v) is 4.23. The monoisotopic (exact) mass is 404 g/mol. The first-order valence-electron chi connectivity index (χ1n) is 8.38. The first kappa shape index (κ1) is 20.7. The summed E-state index contributed by atoms with van der Waals surface area (Å²) >= 11 is 11.1. The Hall–Kier alpha value is -2.64. The Labute approximate surface area is 168 Å². The van der Waals surface area contributed by atoms with Gasteiger partial charge in [0.25, 0.3) is 11.8 Å². The molecule has 0 radical (unpaired) electrons. The minimum absolute atomic E-state index is 0.203. The second-order valence-corrected chi connectivity index (χ2v) is 6.63. The number of thiocarbonyl (C=S) groups is 1. The number of rotatable bonds is 5. The van der Waals surface area contributed by atoms with Crippen molar-refractivity contribution in [3.05, 3.63) is 64.2 Å². The number of anilines is 1. The van der Waals surface area contributed by atoms with Crippen LogP contribution in [0, 0.1) is 6.92 Å². The van der Waals surface area contributed by atoms with E-state index < -0.39 is 5.91 Å². The predicted molar refractivity (Wildman–Crippen MR) is 112 cm³/mol. The molecule has 0 aliphatic rings. The number of amides is 2. The van der Waals surface area contributed by atoms with Gasteiger partial charge in [-0.15, -0.1) is 0 Å². The molecule has 0 unspecified atom stereocenters. The van der Waals surface area contributed by atoms with Gasteiger partial charge in [-0.05, 0) is 54.9 Å². The number of hydrogen-bond acceptors (Lipinski definition) is 3. The topological polar surface area (TPSA) is 82.3 Å². The van der Waals surface area contributed by atoms with Crippen LogP contribution in [0.2, 0.25) is 5.02 Å². The van der Waals surface area contributed by atoms with Gasteiger partial charge in [0, 0.05) is 16.3 Å². The van der Waals surface area contributed by atoms with Crippen LogP contribution in [0.15, 0.2) is 42.5 Å². The van der Waals surface area contributed by atoms with E-state index in [4.69, 9.17) is 23.8 Å². The van der Waals surface area contributed by atoms with Crippen molar-refractivity contribution in [3.63, 3.8) is 0 Å². The van der Waals surface area contributed by atoms with Gasteiger partial charge in [-0.25, -0.2) is 0 Å². The highest BCUT2D eigenvalue weighted by atomic mass is 35.5. The summed E-state index contributed by atoms with van der Waals surface area (Å²) in [5.74, 6) is -0.823. The molecule has 142 valence electrons. The summed E-state index contributed by atoms with van der Waals surface area (Å²) in [5, 5.41) is 6.31. The number of aryl methyl sites for hydroxylation is 2. The summed E-state index contributed by atoms with van der Waals surface area (Å²) in [5.41, 5.74) is 8.55. The average molecular weight is 405 g/mol. The Morgan fingerprint density at radius 2 is 1.85 bits per heavy atom. The molecule has 0 aromatic heterocycles. The van der Waals surface area contributed by atoms with Crippen LogP contribution >= 0.6 is 23.8 Å². The molecule has 8 heteroatoms. The summed E-state index contributed by atoms with van der Waals surface area (Å²) in [6.45, 7) is 3.83. The summed E-state index contributed by atoms with van der Waals surface area (Å²) in [7, 11) is 0. The van der Waals surface area contributed by atoms with Gasteiger partial charge in [0.05, 0.1) is 6.54 Å². The number of para-hydroxylation sites is 1. The third kappa shape index (κ3) is 6.23. The normalized spacial score (nSPS) is 10.0. The van der Waals surface area contributed by atoms with Crippen LogP contribution in [0.5, 0.6) is 0 Å². The number of hydrogen-bond donors (Lipinski definition) is 4. The Bertz CT molecular complexity index is 857. The van der Waals surface area contributed by atoms with Crippen LogP contribution < -0.4 is 21.5 Å². The molecule has 4 N–H and O–H groups in total. The van der Waals surface area contributed by atoms with Crippen LogP contribution in [0.4, 0.5) is 5.69 Å². The summed E-state index contributed by atoms with van der Waals surface area (Å²) in [6.07, 6.45) is 0.856. The molecular formula is C19H21ClN4O2S. The second-order valence-electron chi connectivity index (χ2n) is 5.78. The first-order chi connectivity index (χ1) is 12.9. The van der Waals surface area contributed by atoms with E-state index in [0.29, 0.717) is 10.6 Å². The minimum Gasteiger partial charge on any atom is -0.343 e. The summed E-state index contributed by atoms with van der Waals surface area (Å²) in [6, 6.07) is 12.5. The number of carbonyl (C=O) groups is 2. The molecule has 0 atom stereocenters. The van der Waals surface area contributed by atoms with Crippen molar-refractivity contribution in [2.24, 2.45) is 0 Å². The second kappa shape index (κ2) is 9.89. The maximum Gasteiger partial charge on any atom is 0.257 e. The highest BCUT2D eigenvalue weighted by Gasteiger charge is 2.10. The zero-order chi connectivity index (χ0) is 19.8. The summed E-state index contributed by atoms with van der Waals surface area (Å²) < 4.78 is 0. The first-order valence-corrected chi connectivity index (χ1v) is 9.17. The zero-order valence-electron chi connectivity index (χ0n) is 15.1. The van der Waals surface area contributed by atoms with Crippen LogP contribution in [0.1, 0.15) is 28.4 Å². The van der Waals surface area contributed by atoms with Crippen LogP contribution in [0.3, 0.4) is 0 Å². The molecule has 0 saturated heterocycles. The predicted octanol–water partition coefficient (Wildman–Crippen LogP) is 2.96. The van der Waals surface area contributed by atoms with E-state index in [-0.39, 0.29) is 17.6 Å². The van der Waals surface area contributed by atoms with E-state index in [2.05, 4.69) is 28.4 Å². The van der Waals surface area contributed by atoms with Gasteiger partial charge < -0.3 is 10.6 Å². The van der Waals surface area contributed by atoms with Crippen LogP contribution in [-0.2, 0) is 11.2 Å². The standard InChI is InChI=1S/C19H21ClN4O2S/c1-3-13-7-4-6-12(2)17(13)22-19(27)24-23-16(25)11-21-18(26)14-8-5-9-15(20)10-14/h4-10H,3,11H2,1-2H3,(H,21,26)(H,23,25)(H2,22,24,27). The smallest absolute Gasteiger partial charge is 0.257 e. The Kier molecular flexibility index (Phi) is 7.57. The highest BCUT2D eigenvalue weighted by Crippen LogP contribution is 2.20. The molecule has 2 aromatic rings. The zero-order valence-corrected chi connectivity index (χ0v) is 16.6. The van der Waals surface area contributed by atoms with Crippen molar-refractivity contribution in [1.82, 2.24) is 16.2 Å². The number of hydrazine groups is 1. The lowest BCUT2D eigenvalue weighted by molar-refractivity contribution is -0.120. The fraction of sp³-hybridized carbons (Fsp3) is 0.211. The molecule has 0 bridgehead atoms. The van der Waals surface area contributed by atoms with E-state index >= 15 is 0 Å². The molecule has 2 rings (SSSR count). The highest BCUT2D eigenvalue weighted by molar-refractivity contribution is 7.80. The molecule has 2 amide bonds. The Morgan fingerprint density at radius 3 is 2.56 bits per heavy atom. The molecule has 0 spiro atoms. The van der Waals surface area contributed by atoms with Gasteiger partial charge in [-0.2, -0.15) is 0 Å². The molecule has 0 saturated carbocycles. The molecule has 2 aromatic carbocycles. The molecule has 0 heterocycles. The quantitative estimate of drug-likeness (QED) is 0.455. The van der Waals surface area contributed by atoms with E-state index in [0.717, 1.165) is 23.2 Å². The van der Waals surface area contributed by atoms with Crippen molar-refractivity contribution < 1.29 is 9.59 Å². The molecule has 0 aliphatic carbocycles. The average Bonchev–Trinajstić information content (AvgIpc) is 2.66. The Morgan fingerprint density at radius 1 is 1.11 bits per heavy atom. The minimum atomic E-state index is -0.435. The van der Waals surface area contributed by atoms with E-state index in [9.17, 15) is 9.59 Å². The van der Waals surface area contributed by atoms with Crippen molar-refractivity contribution >= 4 is 46.4 Å².